The summed E-state index contributed by atoms with van der Waals surface area (Å²) < 4.78 is 21.1. The lowest BCUT2D eigenvalue weighted by Crippen LogP contribution is -2.19. The molecule has 2 N–H and O–H groups in total. The highest BCUT2D eigenvalue weighted by Crippen LogP contribution is 2.23. The molecule has 2 aromatic heterocycles. The highest BCUT2D eigenvalue weighted by atomic mass is 19.1. The molecule has 0 radical (unpaired) electrons. The number of hydrogen-bond acceptors (Lipinski definition) is 5. The summed E-state index contributed by atoms with van der Waals surface area (Å²) in [6.07, 6.45) is 1.41. The van der Waals surface area contributed by atoms with Crippen LogP contribution in [0.1, 0.15) is 17.0 Å². The summed E-state index contributed by atoms with van der Waals surface area (Å²) in [5.41, 5.74) is 3.27. The first-order valence-corrected chi connectivity index (χ1v) is 9.85. The Labute approximate surface area is 184 Å². The Morgan fingerprint density at radius 3 is 2.34 bits per heavy atom. The normalized spacial score (nSPS) is 10.6. The zero-order valence-electron chi connectivity index (χ0n) is 17.8. The van der Waals surface area contributed by atoms with Crippen molar-refractivity contribution in [2.24, 2.45) is 0 Å². The molecule has 0 aliphatic heterocycles. The van der Waals surface area contributed by atoms with Gasteiger partial charge in [0, 0.05) is 23.1 Å². The van der Waals surface area contributed by atoms with Crippen molar-refractivity contribution >= 4 is 17.4 Å². The van der Waals surface area contributed by atoms with E-state index in [0.29, 0.717) is 34.4 Å². The van der Waals surface area contributed by atoms with Crippen LogP contribution in [0.15, 0.2) is 60.9 Å². The van der Waals surface area contributed by atoms with Crippen molar-refractivity contribution in [3.05, 3.63) is 83.7 Å². The molecule has 2 aromatic carbocycles. The number of nitrogens with zero attached hydrogens (tertiary/aromatic N) is 4. The molecule has 8 nitrogen and oxygen atoms in total. The van der Waals surface area contributed by atoms with E-state index in [4.69, 9.17) is 4.74 Å². The Bertz CT molecular complexity index is 1270. The monoisotopic (exact) mass is 432 g/mol. The summed E-state index contributed by atoms with van der Waals surface area (Å²) in [7, 11) is 0. The summed E-state index contributed by atoms with van der Waals surface area (Å²) in [5.74, 6) is 1.12. The molecule has 9 heteroatoms. The molecule has 0 bridgehead atoms. The van der Waals surface area contributed by atoms with Gasteiger partial charge in [-0.05, 0) is 68.8 Å². The van der Waals surface area contributed by atoms with E-state index in [0.717, 1.165) is 11.4 Å². The first-order chi connectivity index (χ1) is 15.4. The molecule has 0 spiro atoms. The van der Waals surface area contributed by atoms with Crippen LogP contribution in [0.4, 0.5) is 20.6 Å². The second-order valence-corrected chi connectivity index (χ2v) is 7.22. The first-order valence-electron chi connectivity index (χ1n) is 9.85. The number of ether oxygens (including phenoxy) is 1. The molecule has 0 unspecified atom stereocenters. The molecule has 4 rings (SSSR count). The maximum atomic E-state index is 13.6. The molecule has 162 valence electrons. The summed E-state index contributed by atoms with van der Waals surface area (Å²) in [4.78, 5) is 20.5. The van der Waals surface area contributed by atoms with Crippen molar-refractivity contribution in [1.29, 1.82) is 0 Å². The molecule has 2 heterocycles. The molecule has 0 aliphatic rings. The van der Waals surface area contributed by atoms with Crippen LogP contribution in [0.5, 0.6) is 11.6 Å². The van der Waals surface area contributed by atoms with Gasteiger partial charge in [-0.2, -0.15) is 5.10 Å². The number of aryl methyl sites for hydroxylation is 3. The number of benzene rings is 2. The van der Waals surface area contributed by atoms with Crippen LogP contribution in [0, 0.1) is 26.6 Å². The SMILES string of the molecule is Cc1cc(C)n(-c2cc(Oc3ccc(NC(=O)Nc4ccc(C)c(F)c4)cc3)ncn2)n1. The number of amides is 2. The van der Waals surface area contributed by atoms with E-state index in [2.05, 4.69) is 25.7 Å². The van der Waals surface area contributed by atoms with Crippen LogP contribution < -0.4 is 15.4 Å². The predicted molar refractivity (Wildman–Crippen MR) is 119 cm³/mol. The van der Waals surface area contributed by atoms with Crippen molar-refractivity contribution in [2.45, 2.75) is 20.8 Å². The molecule has 0 saturated heterocycles. The number of hydrogen-bond donors (Lipinski definition) is 2. The summed E-state index contributed by atoms with van der Waals surface area (Å²) >= 11 is 0. The number of urea groups is 1. The Kier molecular flexibility index (Phi) is 5.80. The molecule has 32 heavy (non-hydrogen) atoms. The van der Waals surface area contributed by atoms with Gasteiger partial charge >= 0.3 is 6.03 Å². The van der Waals surface area contributed by atoms with Crippen LogP contribution in [0.2, 0.25) is 0 Å². The van der Waals surface area contributed by atoms with Gasteiger partial charge in [0.2, 0.25) is 5.88 Å². The highest BCUT2D eigenvalue weighted by molar-refractivity contribution is 5.99. The lowest BCUT2D eigenvalue weighted by atomic mass is 10.2. The van der Waals surface area contributed by atoms with Gasteiger partial charge in [-0.25, -0.2) is 23.8 Å². The van der Waals surface area contributed by atoms with E-state index in [9.17, 15) is 9.18 Å². The largest absolute Gasteiger partial charge is 0.439 e. The number of halogens is 1. The maximum absolute atomic E-state index is 13.6. The third-order valence-corrected chi connectivity index (χ3v) is 4.62. The Morgan fingerprint density at radius 1 is 0.938 bits per heavy atom. The van der Waals surface area contributed by atoms with Gasteiger partial charge in [0.05, 0.1) is 5.69 Å². The first kappa shape index (κ1) is 21.0. The molecule has 0 saturated carbocycles. The zero-order chi connectivity index (χ0) is 22.7. The Hall–Kier alpha value is -4.27. The number of nitrogens with one attached hydrogen (secondary N) is 2. The third-order valence-electron chi connectivity index (χ3n) is 4.62. The minimum atomic E-state index is -0.479. The van der Waals surface area contributed by atoms with Gasteiger partial charge < -0.3 is 15.4 Å². The van der Waals surface area contributed by atoms with Gasteiger partial charge in [-0.15, -0.1) is 0 Å². The van der Waals surface area contributed by atoms with Gasteiger partial charge in [0.25, 0.3) is 0 Å². The summed E-state index contributed by atoms with van der Waals surface area (Å²) in [6.45, 7) is 5.52. The van der Waals surface area contributed by atoms with E-state index in [1.807, 2.05) is 19.9 Å². The lowest BCUT2D eigenvalue weighted by Gasteiger charge is -2.10. The number of anilines is 2. The molecular formula is C23H21FN6O2. The number of carbonyl (C=O) groups excluding carboxylic acids is 1. The number of rotatable bonds is 5. The Balaban J connectivity index is 1.39. The van der Waals surface area contributed by atoms with E-state index in [1.54, 1.807) is 54.1 Å². The Morgan fingerprint density at radius 2 is 1.66 bits per heavy atom. The topological polar surface area (TPSA) is 94.0 Å². The van der Waals surface area contributed by atoms with Crippen LogP contribution in [-0.2, 0) is 0 Å². The van der Waals surface area contributed by atoms with Crippen LogP contribution in [0.25, 0.3) is 5.82 Å². The van der Waals surface area contributed by atoms with Crippen molar-refractivity contribution in [3.63, 3.8) is 0 Å². The fourth-order valence-corrected chi connectivity index (χ4v) is 3.05. The lowest BCUT2D eigenvalue weighted by molar-refractivity contribution is 0.262. The molecule has 0 atom stereocenters. The van der Waals surface area contributed by atoms with Crippen LogP contribution in [-0.4, -0.2) is 25.8 Å². The van der Waals surface area contributed by atoms with Crippen LogP contribution >= 0.6 is 0 Å². The second-order valence-electron chi connectivity index (χ2n) is 7.22. The molecular weight excluding hydrogens is 411 g/mol. The fourth-order valence-electron chi connectivity index (χ4n) is 3.05. The highest BCUT2D eigenvalue weighted by Gasteiger charge is 2.09. The van der Waals surface area contributed by atoms with E-state index in [1.165, 1.54) is 12.4 Å². The average molecular weight is 432 g/mol. The summed E-state index contributed by atoms with van der Waals surface area (Å²) in [5, 5.41) is 9.69. The van der Waals surface area contributed by atoms with Crippen molar-refractivity contribution in [1.82, 2.24) is 19.7 Å². The second kappa shape index (κ2) is 8.84. The summed E-state index contributed by atoms with van der Waals surface area (Å²) in [6, 6.07) is 14.5. The third kappa shape index (κ3) is 4.89. The van der Waals surface area contributed by atoms with Gasteiger partial charge in [0.15, 0.2) is 5.82 Å². The van der Waals surface area contributed by atoms with Crippen molar-refractivity contribution in [2.75, 3.05) is 10.6 Å². The zero-order valence-corrected chi connectivity index (χ0v) is 17.8. The fraction of sp³-hybridized carbons (Fsp3) is 0.130. The van der Waals surface area contributed by atoms with E-state index in [-0.39, 0.29) is 5.82 Å². The van der Waals surface area contributed by atoms with E-state index >= 15 is 0 Å². The minimum Gasteiger partial charge on any atom is -0.439 e. The van der Waals surface area contributed by atoms with Crippen LogP contribution in [0.3, 0.4) is 0 Å². The standard InChI is InChI=1S/C23H21FN6O2/c1-14-4-5-18(11-20(14)24)28-23(31)27-17-6-8-19(9-7-17)32-22-12-21(25-13-26-22)30-16(3)10-15(2)29-30/h4-13H,1-3H3,(H2,27,28,31). The molecule has 0 fully saturated rings. The van der Waals surface area contributed by atoms with E-state index < -0.39 is 6.03 Å². The smallest absolute Gasteiger partial charge is 0.323 e. The molecule has 0 aliphatic carbocycles. The van der Waals surface area contributed by atoms with Gasteiger partial charge in [-0.3, -0.25) is 0 Å². The molecule has 2 amide bonds. The molecule has 4 aromatic rings. The average Bonchev–Trinajstić information content (AvgIpc) is 3.10. The number of carbonyl (C=O) groups is 1. The number of aromatic nitrogens is 4. The van der Waals surface area contributed by atoms with Crippen molar-refractivity contribution < 1.29 is 13.9 Å². The predicted octanol–water partition coefficient (Wildman–Crippen LogP) is 5.16. The maximum Gasteiger partial charge on any atom is 0.323 e. The van der Waals surface area contributed by atoms with Gasteiger partial charge in [-0.1, -0.05) is 6.07 Å². The van der Waals surface area contributed by atoms with Gasteiger partial charge in [0.1, 0.15) is 17.9 Å². The quantitative estimate of drug-likeness (QED) is 0.454. The minimum absolute atomic E-state index is 0.363. The van der Waals surface area contributed by atoms with Crippen molar-refractivity contribution in [3.8, 4) is 17.4 Å².